The molecule has 1 amide bonds. The van der Waals surface area contributed by atoms with E-state index < -0.39 is 12.0 Å². The lowest BCUT2D eigenvalue weighted by molar-refractivity contribution is -0.133. The number of rotatable bonds is 8. The number of aliphatic hydroxyl groups excluding tert-OH is 1. The summed E-state index contributed by atoms with van der Waals surface area (Å²) in [6, 6.07) is 6.21. The Morgan fingerprint density at radius 1 is 1.09 bits per heavy atom. The average molecular weight is 498 g/mol. The second-order valence-corrected chi connectivity index (χ2v) is 9.46. The molecule has 3 aromatic heterocycles. The maximum absolute atomic E-state index is 12.1. The van der Waals surface area contributed by atoms with E-state index in [1.807, 2.05) is 18.2 Å². The average Bonchev–Trinajstić information content (AvgIpc) is 2.86. The Morgan fingerprint density at radius 3 is 2.57 bits per heavy atom. The highest BCUT2D eigenvalue weighted by molar-refractivity contribution is 6.33. The quantitative estimate of drug-likeness (QED) is 0.346. The van der Waals surface area contributed by atoms with Crippen molar-refractivity contribution in [2.45, 2.75) is 43.9 Å². The van der Waals surface area contributed by atoms with Crippen molar-refractivity contribution in [3.05, 3.63) is 47.5 Å². The molecule has 184 valence electrons. The highest BCUT2D eigenvalue weighted by Gasteiger charge is 2.26. The van der Waals surface area contributed by atoms with E-state index in [1.54, 1.807) is 6.20 Å². The first-order chi connectivity index (χ1) is 17.0. The number of nitrogens with one attached hydrogen (secondary N) is 3. The van der Waals surface area contributed by atoms with Crippen molar-refractivity contribution >= 4 is 40.2 Å². The Kier molecular flexibility index (Phi) is 7.21. The standard InChI is InChI=1S/C24H28ClN7O3/c25-22-20-15(7-8-26-22)3-6-19(32-20)30-17-4-1-14(2-5-17)9-27-24-28-10-16(11-29-24)21(33)23(34)31-18-12-35-13-18/h3,6-8,10-11,14,17-18,21,33H,1-2,4-5,9,12-13H2,(H,30,32)(H,31,34)(H,27,28,29)/t14-,17-,21-/m1/s1. The molecule has 3 aromatic rings. The molecule has 0 aromatic carbocycles. The highest BCUT2D eigenvalue weighted by Crippen LogP contribution is 2.28. The molecule has 0 spiro atoms. The third-order valence-corrected chi connectivity index (χ3v) is 6.81. The van der Waals surface area contributed by atoms with Gasteiger partial charge in [-0.05, 0) is 49.8 Å². The minimum Gasteiger partial charge on any atom is -0.378 e. The molecular formula is C24H28ClN7O3. The van der Waals surface area contributed by atoms with Crippen molar-refractivity contribution in [3.63, 3.8) is 0 Å². The van der Waals surface area contributed by atoms with Gasteiger partial charge in [0, 0.05) is 42.1 Å². The fourth-order valence-corrected chi connectivity index (χ4v) is 4.58. The van der Waals surface area contributed by atoms with Crippen molar-refractivity contribution in [1.82, 2.24) is 25.3 Å². The van der Waals surface area contributed by atoms with Crippen molar-refractivity contribution in [1.29, 1.82) is 0 Å². The number of aromatic nitrogens is 4. The lowest BCUT2D eigenvalue weighted by Gasteiger charge is -2.29. The predicted molar refractivity (Wildman–Crippen MR) is 132 cm³/mol. The van der Waals surface area contributed by atoms with Crippen molar-refractivity contribution in [3.8, 4) is 0 Å². The van der Waals surface area contributed by atoms with E-state index in [2.05, 4.69) is 35.9 Å². The summed E-state index contributed by atoms with van der Waals surface area (Å²) in [5, 5.41) is 21.1. The van der Waals surface area contributed by atoms with Crippen LogP contribution in [0.25, 0.3) is 10.9 Å². The molecule has 1 aliphatic heterocycles. The van der Waals surface area contributed by atoms with Gasteiger partial charge in [-0.2, -0.15) is 0 Å². The summed E-state index contributed by atoms with van der Waals surface area (Å²) in [4.78, 5) is 29.3. The van der Waals surface area contributed by atoms with E-state index in [0.717, 1.165) is 43.4 Å². The zero-order valence-corrected chi connectivity index (χ0v) is 19.9. The van der Waals surface area contributed by atoms with E-state index in [4.69, 9.17) is 16.3 Å². The largest absolute Gasteiger partial charge is 0.378 e. The lowest BCUT2D eigenvalue weighted by atomic mass is 9.86. The van der Waals surface area contributed by atoms with Crippen LogP contribution in [0.2, 0.25) is 5.15 Å². The number of pyridine rings is 2. The number of fused-ring (bicyclic) bond motifs is 1. The number of anilines is 2. The molecule has 11 heteroatoms. The fourth-order valence-electron chi connectivity index (χ4n) is 4.37. The number of carbonyl (C=O) groups is 1. The van der Waals surface area contributed by atoms with E-state index in [-0.39, 0.29) is 6.04 Å². The molecule has 5 rings (SSSR count). The molecule has 4 N–H and O–H groups in total. The predicted octanol–water partition coefficient (Wildman–Crippen LogP) is 2.70. The van der Waals surface area contributed by atoms with E-state index in [0.29, 0.717) is 47.4 Å². The van der Waals surface area contributed by atoms with Crippen LogP contribution in [-0.4, -0.2) is 62.8 Å². The summed E-state index contributed by atoms with van der Waals surface area (Å²) in [6.07, 6.45) is 7.58. The lowest BCUT2D eigenvalue weighted by Crippen LogP contribution is -2.50. The number of aliphatic hydroxyl groups is 1. The van der Waals surface area contributed by atoms with Gasteiger partial charge < -0.3 is 25.8 Å². The topological polar surface area (TPSA) is 134 Å². The van der Waals surface area contributed by atoms with Gasteiger partial charge in [-0.25, -0.2) is 19.9 Å². The van der Waals surface area contributed by atoms with Gasteiger partial charge in [0.1, 0.15) is 11.3 Å². The Hall–Kier alpha value is -3.08. The molecule has 2 aliphatic rings. The van der Waals surface area contributed by atoms with Gasteiger partial charge in [-0.1, -0.05) is 11.6 Å². The van der Waals surface area contributed by atoms with Gasteiger partial charge in [0.2, 0.25) is 5.95 Å². The normalized spacial score (nSPS) is 21.2. The summed E-state index contributed by atoms with van der Waals surface area (Å²) in [6.45, 7) is 1.72. The number of hydrogen-bond acceptors (Lipinski definition) is 9. The third-order valence-electron chi connectivity index (χ3n) is 6.53. The molecule has 1 saturated carbocycles. The summed E-state index contributed by atoms with van der Waals surface area (Å²) < 4.78 is 5.02. The SMILES string of the molecule is O=C(NC1COC1)[C@H](O)c1cnc(NC[C@H]2CC[C@H](Nc3ccc4ccnc(Cl)c4n3)CC2)nc1. The first-order valence-electron chi connectivity index (χ1n) is 11.8. The number of nitrogens with zero attached hydrogens (tertiary/aromatic N) is 4. The van der Waals surface area contributed by atoms with Crippen molar-refractivity contribution < 1.29 is 14.6 Å². The van der Waals surface area contributed by atoms with Crippen LogP contribution in [0.5, 0.6) is 0 Å². The van der Waals surface area contributed by atoms with Crippen LogP contribution in [0.15, 0.2) is 36.8 Å². The summed E-state index contributed by atoms with van der Waals surface area (Å²) in [7, 11) is 0. The molecule has 1 saturated heterocycles. The highest BCUT2D eigenvalue weighted by atomic mass is 35.5. The molecule has 10 nitrogen and oxygen atoms in total. The van der Waals surface area contributed by atoms with E-state index in [1.165, 1.54) is 12.4 Å². The van der Waals surface area contributed by atoms with Crippen LogP contribution in [0, 0.1) is 5.92 Å². The van der Waals surface area contributed by atoms with Crippen molar-refractivity contribution in [2.24, 2.45) is 5.92 Å². The van der Waals surface area contributed by atoms with Crippen LogP contribution in [-0.2, 0) is 9.53 Å². The molecular weight excluding hydrogens is 470 g/mol. The number of halogens is 1. The van der Waals surface area contributed by atoms with Gasteiger partial charge in [0.25, 0.3) is 5.91 Å². The Labute approximate surface area is 207 Å². The van der Waals surface area contributed by atoms with Crippen LogP contribution in [0.4, 0.5) is 11.8 Å². The minimum atomic E-state index is -1.29. The second-order valence-electron chi connectivity index (χ2n) is 9.10. The van der Waals surface area contributed by atoms with Crippen LogP contribution < -0.4 is 16.0 Å². The van der Waals surface area contributed by atoms with E-state index >= 15 is 0 Å². The van der Waals surface area contributed by atoms with Gasteiger partial charge in [0.05, 0.1) is 19.3 Å². The summed E-state index contributed by atoms with van der Waals surface area (Å²) >= 11 is 6.19. The minimum absolute atomic E-state index is 0.0380. The Morgan fingerprint density at radius 2 is 1.86 bits per heavy atom. The Bertz CT molecular complexity index is 1170. The van der Waals surface area contributed by atoms with Crippen molar-refractivity contribution in [2.75, 3.05) is 30.4 Å². The fraction of sp³-hybridized carbons (Fsp3) is 0.458. The van der Waals surface area contributed by atoms with Gasteiger partial charge in [-0.15, -0.1) is 0 Å². The molecule has 1 atom stereocenters. The number of carbonyl (C=O) groups excluding carboxylic acids is 1. The van der Waals surface area contributed by atoms with Crippen LogP contribution in [0.3, 0.4) is 0 Å². The first-order valence-corrected chi connectivity index (χ1v) is 12.2. The summed E-state index contributed by atoms with van der Waals surface area (Å²) in [5.41, 5.74) is 1.07. The molecule has 0 bridgehead atoms. The van der Waals surface area contributed by atoms with Crippen LogP contribution >= 0.6 is 11.6 Å². The number of ether oxygens (including phenoxy) is 1. The van der Waals surface area contributed by atoms with E-state index in [9.17, 15) is 9.90 Å². The zero-order chi connectivity index (χ0) is 24.2. The van der Waals surface area contributed by atoms with Gasteiger partial charge >= 0.3 is 0 Å². The monoisotopic (exact) mass is 497 g/mol. The number of hydrogen-bond donors (Lipinski definition) is 4. The third kappa shape index (κ3) is 5.77. The van der Waals surface area contributed by atoms with Gasteiger partial charge in [0.15, 0.2) is 11.3 Å². The maximum Gasteiger partial charge on any atom is 0.253 e. The molecule has 0 unspecified atom stereocenters. The Balaban J connectivity index is 1.06. The zero-order valence-electron chi connectivity index (χ0n) is 19.2. The molecule has 2 fully saturated rings. The summed E-state index contributed by atoms with van der Waals surface area (Å²) in [5.74, 6) is 1.35. The molecule has 0 radical (unpaired) electrons. The maximum atomic E-state index is 12.1. The second kappa shape index (κ2) is 10.7. The van der Waals surface area contributed by atoms with Crippen LogP contribution in [0.1, 0.15) is 37.4 Å². The molecule has 1 aliphatic carbocycles. The molecule has 4 heterocycles. The van der Waals surface area contributed by atoms with Gasteiger partial charge in [-0.3, -0.25) is 4.79 Å². The number of amides is 1. The molecule has 35 heavy (non-hydrogen) atoms. The first kappa shape index (κ1) is 23.7. The smallest absolute Gasteiger partial charge is 0.253 e.